The summed E-state index contributed by atoms with van der Waals surface area (Å²) in [6.45, 7) is 5.92. The van der Waals surface area contributed by atoms with Crippen molar-refractivity contribution in [1.82, 2.24) is 4.90 Å². The highest BCUT2D eigenvalue weighted by Crippen LogP contribution is 2.14. The van der Waals surface area contributed by atoms with Gasteiger partial charge >= 0.3 is 0 Å². The van der Waals surface area contributed by atoms with Crippen LogP contribution in [0.5, 0.6) is 0 Å². The van der Waals surface area contributed by atoms with E-state index < -0.39 is 0 Å². The van der Waals surface area contributed by atoms with E-state index in [0.29, 0.717) is 5.92 Å². The average molecular weight is 153 g/mol. The molecule has 0 N–H and O–H groups in total. The maximum absolute atomic E-state index is 11.2. The fraction of sp³-hybridized carbons (Fsp3) is 0.667. The normalized spacial score (nSPS) is 24.9. The Balaban J connectivity index is 2.43. The molecule has 2 heteroatoms. The van der Waals surface area contributed by atoms with Crippen LogP contribution < -0.4 is 0 Å². The molecule has 1 fully saturated rings. The van der Waals surface area contributed by atoms with Gasteiger partial charge in [-0.15, -0.1) is 0 Å². The summed E-state index contributed by atoms with van der Waals surface area (Å²) in [7, 11) is 0. The van der Waals surface area contributed by atoms with Crippen LogP contribution in [0.2, 0.25) is 0 Å². The summed E-state index contributed by atoms with van der Waals surface area (Å²) < 4.78 is 0. The van der Waals surface area contributed by atoms with Gasteiger partial charge in [0.2, 0.25) is 5.91 Å². The van der Waals surface area contributed by atoms with Crippen molar-refractivity contribution < 1.29 is 4.79 Å². The quantitative estimate of drug-likeness (QED) is 0.522. The van der Waals surface area contributed by atoms with Gasteiger partial charge in [0, 0.05) is 13.1 Å². The fourth-order valence-electron chi connectivity index (χ4n) is 1.38. The first-order valence-electron chi connectivity index (χ1n) is 4.15. The summed E-state index contributed by atoms with van der Waals surface area (Å²) >= 11 is 0. The highest BCUT2D eigenvalue weighted by Gasteiger charge is 2.20. The summed E-state index contributed by atoms with van der Waals surface area (Å²) in [6, 6.07) is 0. The van der Waals surface area contributed by atoms with Crippen molar-refractivity contribution in [1.29, 1.82) is 0 Å². The third-order valence-electron chi connectivity index (χ3n) is 2.04. The van der Waals surface area contributed by atoms with Crippen LogP contribution in [0.1, 0.15) is 20.3 Å². The molecule has 1 rings (SSSR count). The summed E-state index contributed by atoms with van der Waals surface area (Å²) in [6.07, 6.45) is 4.59. The minimum Gasteiger partial charge on any atom is -0.339 e. The predicted octanol–water partition coefficient (Wildman–Crippen LogP) is 1.43. The number of hydrogen-bond acceptors (Lipinski definition) is 1. The molecule has 1 aliphatic heterocycles. The first kappa shape index (κ1) is 8.31. The van der Waals surface area contributed by atoms with E-state index >= 15 is 0 Å². The number of amides is 1. The maximum Gasteiger partial charge on any atom is 0.246 e. The zero-order chi connectivity index (χ0) is 8.27. The van der Waals surface area contributed by atoms with Gasteiger partial charge in [-0.3, -0.25) is 4.79 Å². The second-order valence-corrected chi connectivity index (χ2v) is 3.18. The maximum atomic E-state index is 11.2. The molecule has 62 valence electrons. The number of carbonyl (C=O) groups is 1. The largest absolute Gasteiger partial charge is 0.339 e. The van der Waals surface area contributed by atoms with Crippen molar-refractivity contribution in [2.45, 2.75) is 20.3 Å². The summed E-state index contributed by atoms with van der Waals surface area (Å²) in [4.78, 5) is 13.1. The number of likely N-dealkylation sites (tertiary alicyclic amines) is 1. The van der Waals surface area contributed by atoms with E-state index in [9.17, 15) is 4.79 Å². The van der Waals surface area contributed by atoms with Crippen LogP contribution in [0.4, 0.5) is 0 Å². The van der Waals surface area contributed by atoms with Gasteiger partial charge in [-0.1, -0.05) is 13.0 Å². The standard InChI is InChI=1S/C9H15NO/c1-3-4-9(11)10-6-5-8(2)7-10/h3-4,8H,5-7H2,1-2H3/b4-3+. The lowest BCUT2D eigenvalue weighted by atomic mass is 10.2. The minimum atomic E-state index is 0.164. The molecule has 1 aliphatic rings. The van der Waals surface area contributed by atoms with Gasteiger partial charge in [-0.25, -0.2) is 0 Å². The number of carbonyl (C=O) groups excluding carboxylic acids is 1. The van der Waals surface area contributed by atoms with Crippen LogP contribution in [0.15, 0.2) is 12.2 Å². The molecule has 0 saturated carbocycles. The molecule has 0 spiro atoms. The molecule has 0 aromatic carbocycles. The summed E-state index contributed by atoms with van der Waals surface area (Å²) in [5.41, 5.74) is 0. The molecule has 2 nitrogen and oxygen atoms in total. The van der Waals surface area contributed by atoms with Gasteiger partial charge in [-0.2, -0.15) is 0 Å². The molecule has 1 heterocycles. The molecule has 1 amide bonds. The van der Waals surface area contributed by atoms with Crippen molar-refractivity contribution in [3.05, 3.63) is 12.2 Å². The van der Waals surface area contributed by atoms with Gasteiger partial charge in [0.05, 0.1) is 0 Å². The van der Waals surface area contributed by atoms with Gasteiger partial charge in [0.15, 0.2) is 0 Å². The van der Waals surface area contributed by atoms with E-state index in [1.165, 1.54) is 0 Å². The number of allylic oxidation sites excluding steroid dienone is 1. The van der Waals surface area contributed by atoms with Gasteiger partial charge in [0.1, 0.15) is 0 Å². The number of nitrogens with zero attached hydrogens (tertiary/aromatic N) is 1. The SMILES string of the molecule is C/C=C/C(=O)N1CCC(C)C1. The summed E-state index contributed by atoms with van der Waals surface area (Å²) in [5, 5.41) is 0. The van der Waals surface area contributed by atoms with Crippen molar-refractivity contribution >= 4 is 5.91 Å². The molecule has 0 aromatic rings. The highest BCUT2D eigenvalue weighted by molar-refractivity contribution is 5.87. The van der Waals surface area contributed by atoms with Crippen molar-refractivity contribution in [2.24, 2.45) is 5.92 Å². The van der Waals surface area contributed by atoms with Crippen molar-refractivity contribution in [3.8, 4) is 0 Å². The third-order valence-corrected chi connectivity index (χ3v) is 2.04. The Morgan fingerprint density at radius 2 is 2.36 bits per heavy atom. The van der Waals surface area contributed by atoms with Crippen LogP contribution in [0, 0.1) is 5.92 Å². The zero-order valence-corrected chi connectivity index (χ0v) is 7.21. The van der Waals surface area contributed by atoms with Crippen LogP contribution in [-0.2, 0) is 4.79 Å². The Bertz CT molecular complexity index is 174. The Hall–Kier alpha value is -0.790. The molecular weight excluding hydrogens is 138 g/mol. The molecule has 1 unspecified atom stereocenters. The molecule has 11 heavy (non-hydrogen) atoms. The van der Waals surface area contributed by atoms with E-state index in [-0.39, 0.29) is 5.91 Å². The molecule has 0 radical (unpaired) electrons. The average Bonchev–Trinajstić information content (AvgIpc) is 2.36. The smallest absolute Gasteiger partial charge is 0.246 e. The van der Waals surface area contributed by atoms with Gasteiger partial charge < -0.3 is 4.90 Å². The predicted molar refractivity (Wildman–Crippen MR) is 45.2 cm³/mol. The van der Waals surface area contributed by atoms with E-state index in [4.69, 9.17) is 0 Å². The van der Waals surface area contributed by atoms with Crippen LogP contribution >= 0.6 is 0 Å². The Morgan fingerprint density at radius 1 is 1.64 bits per heavy atom. The Kier molecular flexibility index (Phi) is 2.69. The lowest BCUT2D eigenvalue weighted by Crippen LogP contribution is -2.26. The first-order chi connectivity index (χ1) is 5.24. The zero-order valence-electron chi connectivity index (χ0n) is 7.21. The second-order valence-electron chi connectivity index (χ2n) is 3.18. The Morgan fingerprint density at radius 3 is 2.82 bits per heavy atom. The molecule has 0 aliphatic carbocycles. The van der Waals surface area contributed by atoms with E-state index in [2.05, 4.69) is 6.92 Å². The van der Waals surface area contributed by atoms with Crippen LogP contribution in [0.25, 0.3) is 0 Å². The van der Waals surface area contributed by atoms with Crippen molar-refractivity contribution in [3.63, 3.8) is 0 Å². The van der Waals surface area contributed by atoms with E-state index in [1.807, 2.05) is 11.8 Å². The minimum absolute atomic E-state index is 0.164. The van der Waals surface area contributed by atoms with E-state index in [1.54, 1.807) is 12.2 Å². The van der Waals surface area contributed by atoms with Crippen LogP contribution in [0.3, 0.4) is 0 Å². The third kappa shape index (κ3) is 2.07. The molecule has 0 bridgehead atoms. The van der Waals surface area contributed by atoms with Gasteiger partial charge in [-0.05, 0) is 25.3 Å². The van der Waals surface area contributed by atoms with E-state index in [0.717, 1.165) is 19.5 Å². The molecule has 1 atom stereocenters. The topological polar surface area (TPSA) is 20.3 Å². The van der Waals surface area contributed by atoms with Crippen molar-refractivity contribution in [2.75, 3.05) is 13.1 Å². The van der Waals surface area contributed by atoms with Gasteiger partial charge in [0.25, 0.3) is 0 Å². The lowest BCUT2D eigenvalue weighted by molar-refractivity contribution is -0.125. The molecular formula is C9H15NO. The monoisotopic (exact) mass is 153 g/mol. The Labute approximate surface area is 67.9 Å². The second kappa shape index (κ2) is 3.56. The molecule has 0 aromatic heterocycles. The number of hydrogen-bond donors (Lipinski definition) is 0. The molecule has 1 saturated heterocycles. The number of rotatable bonds is 1. The fourth-order valence-corrected chi connectivity index (χ4v) is 1.38. The highest BCUT2D eigenvalue weighted by atomic mass is 16.2. The first-order valence-corrected chi connectivity index (χ1v) is 4.15. The lowest BCUT2D eigenvalue weighted by Gasteiger charge is -2.12. The summed E-state index contributed by atoms with van der Waals surface area (Å²) in [5.74, 6) is 0.848. The van der Waals surface area contributed by atoms with Crippen LogP contribution in [-0.4, -0.2) is 23.9 Å².